The third kappa shape index (κ3) is 2.62. The highest BCUT2D eigenvalue weighted by Gasteiger charge is 2.32. The molecule has 1 aliphatic heterocycles. The van der Waals surface area contributed by atoms with Gasteiger partial charge >= 0.3 is 0 Å². The van der Waals surface area contributed by atoms with E-state index in [1.807, 2.05) is 6.92 Å². The molecule has 8 heteroatoms. The Bertz CT molecular complexity index is 473. The van der Waals surface area contributed by atoms with Crippen LogP contribution in [0.1, 0.15) is 6.92 Å². The van der Waals surface area contributed by atoms with E-state index in [0.717, 1.165) is 0 Å². The highest BCUT2D eigenvalue weighted by Crippen LogP contribution is 2.17. The van der Waals surface area contributed by atoms with Crippen LogP contribution in [-0.2, 0) is 17.1 Å². The lowest BCUT2D eigenvalue weighted by Gasteiger charge is -2.32. The maximum absolute atomic E-state index is 12.3. The Morgan fingerprint density at radius 3 is 2.76 bits per heavy atom. The first-order valence-electron chi connectivity index (χ1n) is 5.24. The molecule has 0 unspecified atom stereocenters. The fraction of sp³-hybridized carbons (Fsp3) is 0.667. The van der Waals surface area contributed by atoms with Crippen molar-refractivity contribution in [3.8, 4) is 0 Å². The molecule has 0 saturated carbocycles. The van der Waals surface area contributed by atoms with Gasteiger partial charge in [-0.2, -0.15) is 9.40 Å². The number of rotatable bonds is 2. The maximum atomic E-state index is 12.3. The molecule has 0 radical (unpaired) electrons. The van der Waals surface area contributed by atoms with Crippen LogP contribution < -0.4 is 5.32 Å². The van der Waals surface area contributed by atoms with Crippen LogP contribution in [0.25, 0.3) is 0 Å². The van der Waals surface area contributed by atoms with E-state index < -0.39 is 10.0 Å². The van der Waals surface area contributed by atoms with Crippen molar-refractivity contribution in [1.29, 1.82) is 0 Å². The Balaban J connectivity index is 0.00000144. The molecular weight excluding hydrogens is 264 g/mol. The van der Waals surface area contributed by atoms with Crippen molar-refractivity contribution in [2.75, 3.05) is 19.6 Å². The van der Waals surface area contributed by atoms with Gasteiger partial charge in [-0.25, -0.2) is 8.42 Å². The van der Waals surface area contributed by atoms with Crippen molar-refractivity contribution in [1.82, 2.24) is 19.4 Å². The van der Waals surface area contributed by atoms with Gasteiger partial charge < -0.3 is 5.32 Å². The standard InChI is InChI=1S/C9H16N4O2S.ClH/c1-8-7-10-5-6-13(8)16(14,15)9-3-4-11-12(9)2;/h3-4,8,10H,5-7H2,1-2H3;1H/t8-;/m0./s1. The highest BCUT2D eigenvalue weighted by molar-refractivity contribution is 7.89. The molecule has 0 bridgehead atoms. The highest BCUT2D eigenvalue weighted by atomic mass is 35.5. The van der Waals surface area contributed by atoms with E-state index in [2.05, 4.69) is 10.4 Å². The van der Waals surface area contributed by atoms with Crippen molar-refractivity contribution in [2.45, 2.75) is 18.0 Å². The van der Waals surface area contributed by atoms with Crippen LogP contribution in [0.3, 0.4) is 0 Å². The van der Waals surface area contributed by atoms with E-state index in [1.165, 1.54) is 21.3 Å². The number of halogens is 1. The van der Waals surface area contributed by atoms with Crippen LogP contribution >= 0.6 is 12.4 Å². The molecule has 1 aromatic heterocycles. The molecule has 1 fully saturated rings. The van der Waals surface area contributed by atoms with Gasteiger partial charge in [-0.15, -0.1) is 12.4 Å². The molecule has 0 aliphatic carbocycles. The van der Waals surface area contributed by atoms with Crippen LogP contribution in [0, 0.1) is 0 Å². The van der Waals surface area contributed by atoms with Crippen LogP contribution in [0.4, 0.5) is 0 Å². The van der Waals surface area contributed by atoms with Gasteiger partial charge in [0.15, 0.2) is 5.03 Å². The van der Waals surface area contributed by atoms with Gasteiger partial charge in [0.05, 0.1) is 6.20 Å². The second kappa shape index (κ2) is 5.34. The number of hydrogen-bond donors (Lipinski definition) is 1. The largest absolute Gasteiger partial charge is 0.314 e. The van der Waals surface area contributed by atoms with E-state index in [9.17, 15) is 8.42 Å². The van der Waals surface area contributed by atoms with Crippen molar-refractivity contribution in [3.05, 3.63) is 12.3 Å². The molecule has 1 N–H and O–H groups in total. The smallest absolute Gasteiger partial charge is 0.260 e. The molecule has 1 aliphatic rings. The van der Waals surface area contributed by atoms with Crippen molar-refractivity contribution < 1.29 is 8.42 Å². The molecule has 0 spiro atoms. The van der Waals surface area contributed by atoms with E-state index in [-0.39, 0.29) is 23.5 Å². The molecule has 1 atom stereocenters. The maximum Gasteiger partial charge on any atom is 0.260 e. The number of hydrogen-bond acceptors (Lipinski definition) is 4. The zero-order valence-electron chi connectivity index (χ0n) is 9.83. The Labute approximate surface area is 107 Å². The predicted molar refractivity (Wildman–Crippen MR) is 66.7 cm³/mol. The van der Waals surface area contributed by atoms with Gasteiger partial charge in [0.25, 0.3) is 10.0 Å². The normalized spacial score (nSPS) is 22.1. The van der Waals surface area contributed by atoms with Crippen molar-refractivity contribution >= 4 is 22.4 Å². The molecule has 0 amide bonds. The van der Waals surface area contributed by atoms with E-state index >= 15 is 0 Å². The summed E-state index contributed by atoms with van der Waals surface area (Å²) in [4.78, 5) is 0. The molecule has 2 heterocycles. The Hall–Kier alpha value is -0.630. The summed E-state index contributed by atoms with van der Waals surface area (Å²) in [6, 6.07) is 1.51. The summed E-state index contributed by atoms with van der Waals surface area (Å²) in [6.07, 6.45) is 1.50. The SMILES string of the molecule is C[C@H]1CNCCN1S(=O)(=O)c1ccnn1C.Cl. The Kier molecular flexibility index (Phi) is 4.54. The molecule has 2 rings (SSSR count). The Morgan fingerprint density at radius 2 is 2.24 bits per heavy atom. The van der Waals surface area contributed by atoms with Gasteiger partial charge in [0, 0.05) is 32.7 Å². The monoisotopic (exact) mass is 280 g/mol. The van der Waals surface area contributed by atoms with Crippen molar-refractivity contribution in [2.24, 2.45) is 7.05 Å². The Morgan fingerprint density at radius 1 is 1.53 bits per heavy atom. The zero-order chi connectivity index (χ0) is 11.8. The minimum Gasteiger partial charge on any atom is -0.314 e. The number of aromatic nitrogens is 2. The second-order valence-corrected chi connectivity index (χ2v) is 5.80. The first-order valence-corrected chi connectivity index (χ1v) is 6.68. The summed E-state index contributed by atoms with van der Waals surface area (Å²) in [5.41, 5.74) is 0. The first-order chi connectivity index (χ1) is 7.53. The first kappa shape index (κ1) is 14.4. The fourth-order valence-electron chi connectivity index (χ4n) is 1.91. The van der Waals surface area contributed by atoms with Gasteiger partial charge in [0.2, 0.25) is 0 Å². The quantitative estimate of drug-likeness (QED) is 0.816. The topological polar surface area (TPSA) is 67.2 Å². The van der Waals surface area contributed by atoms with Crippen LogP contribution in [0.5, 0.6) is 0 Å². The molecule has 1 saturated heterocycles. The fourth-order valence-corrected chi connectivity index (χ4v) is 3.65. The molecule has 1 aromatic rings. The summed E-state index contributed by atoms with van der Waals surface area (Å²) in [6.45, 7) is 3.80. The molecular formula is C9H17ClN4O2S. The summed E-state index contributed by atoms with van der Waals surface area (Å²) < 4.78 is 27.6. The molecule has 6 nitrogen and oxygen atoms in total. The predicted octanol–water partition coefficient (Wildman–Crippen LogP) is -0.176. The lowest BCUT2D eigenvalue weighted by atomic mass is 10.3. The third-order valence-electron chi connectivity index (χ3n) is 2.79. The van der Waals surface area contributed by atoms with Crippen LogP contribution in [-0.4, -0.2) is 48.2 Å². The number of aryl methyl sites for hydroxylation is 1. The van der Waals surface area contributed by atoms with E-state index in [4.69, 9.17) is 0 Å². The number of nitrogens with zero attached hydrogens (tertiary/aromatic N) is 3. The van der Waals surface area contributed by atoms with Crippen LogP contribution in [0.2, 0.25) is 0 Å². The second-order valence-electron chi connectivity index (χ2n) is 3.96. The summed E-state index contributed by atoms with van der Waals surface area (Å²) in [5.74, 6) is 0. The zero-order valence-corrected chi connectivity index (χ0v) is 11.5. The number of nitrogens with one attached hydrogen (secondary N) is 1. The third-order valence-corrected chi connectivity index (χ3v) is 4.88. The van der Waals surface area contributed by atoms with E-state index in [0.29, 0.717) is 19.6 Å². The summed E-state index contributed by atoms with van der Waals surface area (Å²) >= 11 is 0. The number of sulfonamides is 1. The van der Waals surface area contributed by atoms with Gasteiger partial charge in [-0.3, -0.25) is 4.68 Å². The van der Waals surface area contributed by atoms with Gasteiger partial charge in [0.1, 0.15) is 0 Å². The minimum atomic E-state index is -3.40. The number of piperazine rings is 1. The molecule has 17 heavy (non-hydrogen) atoms. The average Bonchev–Trinajstić information content (AvgIpc) is 2.65. The van der Waals surface area contributed by atoms with E-state index in [1.54, 1.807) is 7.05 Å². The van der Waals surface area contributed by atoms with Crippen LogP contribution in [0.15, 0.2) is 17.3 Å². The minimum absolute atomic E-state index is 0. The summed E-state index contributed by atoms with van der Waals surface area (Å²) in [5, 5.41) is 7.32. The summed E-state index contributed by atoms with van der Waals surface area (Å²) in [7, 11) is -1.77. The lowest BCUT2D eigenvalue weighted by molar-refractivity contribution is 0.282. The average molecular weight is 281 g/mol. The van der Waals surface area contributed by atoms with Gasteiger partial charge in [-0.1, -0.05) is 0 Å². The lowest BCUT2D eigenvalue weighted by Crippen LogP contribution is -2.52. The van der Waals surface area contributed by atoms with Crippen molar-refractivity contribution in [3.63, 3.8) is 0 Å². The molecule has 98 valence electrons. The van der Waals surface area contributed by atoms with Gasteiger partial charge in [-0.05, 0) is 13.0 Å². The molecule has 0 aromatic carbocycles.